The van der Waals surface area contributed by atoms with E-state index < -0.39 is 0 Å². The van der Waals surface area contributed by atoms with E-state index in [1.165, 1.54) is 0 Å². The number of hydrogen-bond acceptors (Lipinski definition) is 3. The van der Waals surface area contributed by atoms with Crippen LogP contribution in [-0.2, 0) is 0 Å². The maximum Gasteiger partial charge on any atom is 0.569 e. The Kier molecular flexibility index (Phi) is 2.86. The normalized spacial score (nSPS) is 9.79. The zero-order valence-electron chi connectivity index (χ0n) is 7.38. The Labute approximate surface area is 87.1 Å². The van der Waals surface area contributed by atoms with E-state index in [4.69, 9.17) is 9.68 Å². The summed E-state index contributed by atoms with van der Waals surface area (Å²) in [6.45, 7) is 0. The standard InChI is InChI=1S/C10H8BO2S/c12-11-13-9-6-7-14-10(9)8-4-2-1-3-5-8/h1-7,12H. The maximum absolute atomic E-state index is 8.57. The molecule has 1 radical (unpaired) electrons. The Bertz CT molecular complexity index is 400. The van der Waals surface area contributed by atoms with Crippen molar-refractivity contribution in [2.24, 2.45) is 0 Å². The Morgan fingerprint density at radius 3 is 2.64 bits per heavy atom. The van der Waals surface area contributed by atoms with Crippen LogP contribution < -0.4 is 4.65 Å². The summed E-state index contributed by atoms with van der Waals surface area (Å²) >= 11 is 1.59. The third-order valence-electron chi connectivity index (χ3n) is 1.84. The van der Waals surface area contributed by atoms with Gasteiger partial charge in [-0.15, -0.1) is 11.3 Å². The Morgan fingerprint density at radius 1 is 1.14 bits per heavy atom. The summed E-state index contributed by atoms with van der Waals surface area (Å²) in [5.74, 6) is 0.684. The molecule has 69 valence electrons. The fourth-order valence-electron chi connectivity index (χ4n) is 1.25. The highest BCUT2D eigenvalue weighted by molar-refractivity contribution is 7.14. The Morgan fingerprint density at radius 2 is 1.93 bits per heavy atom. The largest absolute Gasteiger partial charge is 0.569 e. The molecule has 0 bridgehead atoms. The smallest absolute Gasteiger partial charge is 0.536 e. The highest BCUT2D eigenvalue weighted by Crippen LogP contribution is 2.34. The minimum atomic E-state index is 0.684. The van der Waals surface area contributed by atoms with Crippen LogP contribution in [0.3, 0.4) is 0 Å². The molecule has 0 aliphatic carbocycles. The van der Waals surface area contributed by atoms with Crippen LogP contribution in [0, 0.1) is 0 Å². The van der Waals surface area contributed by atoms with E-state index in [9.17, 15) is 0 Å². The van der Waals surface area contributed by atoms with E-state index in [1.54, 1.807) is 11.3 Å². The molecule has 0 amide bonds. The summed E-state index contributed by atoms with van der Waals surface area (Å²) in [4.78, 5) is 1.02. The molecule has 0 aliphatic rings. The number of thiophene rings is 1. The van der Waals surface area contributed by atoms with Crippen LogP contribution in [0.5, 0.6) is 5.75 Å². The molecule has 1 heterocycles. The van der Waals surface area contributed by atoms with Gasteiger partial charge in [0.25, 0.3) is 0 Å². The molecule has 2 nitrogen and oxygen atoms in total. The third-order valence-corrected chi connectivity index (χ3v) is 2.79. The number of rotatable bonds is 3. The van der Waals surface area contributed by atoms with E-state index in [2.05, 4.69) is 0 Å². The molecule has 0 aliphatic heterocycles. The predicted molar refractivity (Wildman–Crippen MR) is 58.4 cm³/mol. The van der Waals surface area contributed by atoms with Crippen molar-refractivity contribution in [3.8, 4) is 16.2 Å². The average Bonchev–Trinajstić information content (AvgIpc) is 2.68. The van der Waals surface area contributed by atoms with Gasteiger partial charge in [-0.1, -0.05) is 30.3 Å². The molecule has 1 aromatic heterocycles. The third kappa shape index (κ3) is 1.81. The van der Waals surface area contributed by atoms with Gasteiger partial charge >= 0.3 is 7.69 Å². The molecule has 0 spiro atoms. The van der Waals surface area contributed by atoms with Gasteiger partial charge in [0.05, 0.1) is 4.88 Å². The fourth-order valence-corrected chi connectivity index (χ4v) is 2.08. The molecule has 2 aromatic rings. The van der Waals surface area contributed by atoms with Crippen LogP contribution >= 0.6 is 11.3 Å². The molecule has 2 rings (SSSR count). The first-order valence-electron chi connectivity index (χ1n) is 4.17. The van der Waals surface area contributed by atoms with Gasteiger partial charge in [0, 0.05) is 0 Å². The number of hydrogen-bond donors (Lipinski definition) is 1. The summed E-state index contributed by atoms with van der Waals surface area (Å²) in [6, 6.07) is 11.8. The minimum absolute atomic E-state index is 0.684. The van der Waals surface area contributed by atoms with Crippen molar-refractivity contribution in [1.82, 2.24) is 0 Å². The van der Waals surface area contributed by atoms with Crippen molar-refractivity contribution < 1.29 is 9.68 Å². The van der Waals surface area contributed by atoms with Gasteiger partial charge in [0.15, 0.2) is 0 Å². The first-order chi connectivity index (χ1) is 6.92. The van der Waals surface area contributed by atoms with Crippen molar-refractivity contribution in [3.05, 3.63) is 41.8 Å². The molecule has 0 saturated carbocycles. The van der Waals surface area contributed by atoms with Crippen LogP contribution in [0.1, 0.15) is 0 Å². The second-order valence-corrected chi connectivity index (χ2v) is 3.62. The predicted octanol–water partition coefficient (Wildman–Crippen LogP) is 2.32. The van der Waals surface area contributed by atoms with Crippen LogP contribution in [0.25, 0.3) is 10.4 Å². The van der Waals surface area contributed by atoms with E-state index in [1.807, 2.05) is 41.8 Å². The van der Waals surface area contributed by atoms with E-state index >= 15 is 0 Å². The van der Waals surface area contributed by atoms with Gasteiger partial charge in [-0.05, 0) is 17.0 Å². The second-order valence-electron chi connectivity index (χ2n) is 2.70. The topological polar surface area (TPSA) is 29.5 Å². The highest BCUT2D eigenvalue weighted by Gasteiger charge is 2.07. The van der Waals surface area contributed by atoms with E-state index in [0.717, 1.165) is 10.4 Å². The van der Waals surface area contributed by atoms with Gasteiger partial charge in [-0.2, -0.15) is 0 Å². The lowest BCUT2D eigenvalue weighted by Gasteiger charge is -2.02. The number of benzene rings is 1. The first kappa shape index (κ1) is 9.31. The quantitative estimate of drug-likeness (QED) is 0.775. The maximum atomic E-state index is 8.57. The van der Waals surface area contributed by atoms with E-state index in [0.29, 0.717) is 13.4 Å². The molecule has 1 aromatic carbocycles. The summed E-state index contributed by atoms with van der Waals surface area (Å²) in [5.41, 5.74) is 1.10. The van der Waals surface area contributed by atoms with Gasteiger partial charge in [-0.3, -0.25) is 0 Å². The zero-order valence-corrected chi connectivity index (χ0v) is 8.20. The Hall–Kier alpha value is -1.26. The van der Waals surface area contributed by atoms with E-state index in [-0.39, 0.29) is 0 Å². The molecule has 0 atom stereocenters. The summed E-state index contributed by atoms with van der Waals surface area (Å²) in [7, 11) is 0.703. The van der Waals surface area contributed by atoms with Crippen LogP contribution in [0.2, 0.25) is 0 Å². The molecule has 0 fully saturated rings. The van der Waals surface area contributed by atoms with Crippen LogP contribution in [-0.4, -0.2) is 12.7 Å². The second kappa shape index (κ2) is 4.31. The highest BCUT2D eigenvalue weighted by atomic mass is 32.1. The fraction of sp³-hybridized carbons (Fsp3) is 0. The molecule has 0 saturated heterocycles. The van der Waals surface area contributed by atoms with Gasteiger partial charge in [-0.25, -0.2) is 0 Å². The van der Waals surface area contributed by atoms with Crippen molar-refractivity contribution in [3.63, 3.8) is 0 Å². The lowest BCUT2D eigenvalue weighted by molar-refractivity contribution is 0.456. The summed E-state index contributed by atoms with van der Waals surface area (Å²) < 4.78 is 4.97. The molecule has 4 heteroatoms. The van der Waals surface area contributed by atoms with Gasteiger partial charge < -0.3 is 9.68 Å². The average molecular weight is 203 g/mol. The van der Waals surface area contributed by atoms with Crippen molar-refractivity contribution >= 4 is 19.0 Å². The van der Waals surface area contributed by atoms with Crippen LogP contribution in [0.4, 0.5) is 0 Å². The Balaban J connectivity index is 2.37. The van der Waals surface area contributed by atoms with Gasteiger partial charge in [0.2, 0.25) is 0 Å². The van der Waals surface area contributed by atoms with Crippen LogP contribution in [0.15, 0.2) is 41.8 Å². The van der Waals surface area contributed by atoms with Crippen molar-refractivity contribution in [2.45, 2.75) is 0 Å². The van der Waals surface area contributed by atoms with Crippen molar-refractivity contribution in [2.75, 3.05) is 0 Å². The monoisotopic (exact) mass is 203 g/mol. The molecule has 14 heavy (non-hydrogen) atoms. The molecule has 1 N–H and O–H groups in total. The molecular weight excluding hydrogens is 195 g/mol. The summed E-state index contributed by atoms with van der Waals surface area (Å²) in [6.07, 6.45) is 0. The SMILES string of the molecule is O[B]Oc1ccsc1-c1ccccc1. The molecule has 0 unspecified atom stereocenters. The molecular formula is C10H8BO2S. The lowest BCUT2D eigenvalue weighted by atomic mass is 10.2. The minimum Gasteiger partial charge on any atom is -0.536 e. The van der Waals surface area contributed by atoms with Crippen molar-refractivity contribution in [1.29, 1.82) is 0 Å². The van der Waals surface area contributed by atoms with Gasteiger partial charge in [0.1, 0.15) is 5.75 Å². The summed E-state index contributed by atoms with van der Waals surface area (Å²) in [5, 5.41) is 10.5. The first-order valence-corrected chi connectivity index (χ1v) is 5.05. The zero-order chi connectivity index (χ0) is 9.80. The lowest BCUT2D eigenvalue weighted by Crippen LogP contribution is -1.99.